The van der Waals surface area contributed by atoms with Crippen LogP contribution in [0.3, 0.4) is 0 Å². The largest absolute Gasteiger partial charge is 0.482 e. The summed E-state index contributed by atoms with van der Waals surface area (Å²) in [7, 11) is 0. The highest BCUT2D eigenvalue weighted by Crippen LogP contribution is 2.23. The minimum atomic E-state index is -0.396. The fourth-order valence-corrected chi connectivity index (χ4v) is 3.29. The van der Waals surface area contributed by atoms with Gasteiger partial charge >= 0.3 is 0 Å². The van der Waals surface area contributed by atoms with Gasteiger partial charge in [0.15, 0.2) is 6.61 Å². The molecule has 0 atom stereocenters. The van der Waals surface area contributed by atoms with Gasteiger partial charge in [0.2, 0.25) is 0 Å². The Labute approximate surface area is 154 Å². The zero-order valence-electron chi connectivity index (χ0n) is 12.0. The van der Waals surface area contributed by atoms with Crippen LogP contribution in [-0.4, -0.2) is 18.2 Å². The van der Waals surface area contributed by atoms with Gasteiger partial charge in [-0.2, -0.15) is 10.4 Å². The number of nitrogens with zero attached hydrogens (tertiary/aromatic N) is 2. The van der Waals surface area contributed by atoms with Gasteiger partial charge in [0.25, 0.3) is 5.91 Å². The maximum atomic E-state index is 11.8. The normalized spacial score (nSPS) is 11.0. The maximum absolute atomic E-state index is 11.8. The van der Waals surface area contributed by atoms with E-state index in [2.05, 4.69) is 42.4 Å². The molecule has 5 nitrogen and oxygen atoms in total. The van der Waals surface area contributed by atoms with Crippen molar-refractivity contribution < 1.29 is 9.53 Å². The molecule has 0 saturated heterocycles. The Kier molecular flexibility index (Phi) is 6.33. The number of benzene rings is 1. The highest BCUT2D eigenvalue weighted by molar-refractivity contribution is 9.11. The third-order valence-electron chi connectivity index (χ3n) is 2.70. The number of nitrogens with one attached hydrogen (secondary N) is 1. The van der Waals surface area contributed by atoms with Gasteiger partial charge in [0.05, 0.1) is 19.9 Å². The van der Waals surface area contributed by atoms with E-state index in [9.17, 15) is 4.79 Å². The molecule has 1 aromatic heterocycles. The van der Waals surface area contributed by atoms with Crippen molar-refractivity contribution in [3.8, 4) is 11.8 Å². The topological polar surface area (TPSA) is 74.5 Å². The van der Waals surface area contributed by atoms with Crippen molar-refractivity contribution in [2.45, 2.75) is 6.92 Å². The van der Waals surface area contributed by atoms with Crippen LogP contribution < -0.4 is 10.2 Å². The quantitative estimate of drug-likeness (QED) is 0.544. The lowest BCUT2D eigenvalue weighted by atomic mass is 10.2. The van der Waals surface area contributed by atoms with Crippen molar-refractivity contribution >= 4 is 54.8 Å². The molecule has 0 aliphatic carbocycles. The predicted octanol–water partition coefficient (Wildman–Crippen LogP) is 4.06. The second-order valence-electron chi connectivity index (χ2n) is 4.38. The van der Waals surface area contributed by atoms with Crippen molar-refractivity contribution in [3.05, 3.63) is 49.0 Å². The molecular weight excluding hydrogens is 446 g/mol. The van der Waals surface area contributed by atoms with Crippen molar-refractivity contribution in [2.24, 2.45) is 5.10 Å². The van der Waals surface area contributed by atoms with Crippen LogP contribution >= 0.6 is 43.2 Å². The second-order valence-corrected chi connectivity index (χ2v) is 7.76. The summed E-state index contributed by atoms with van der Waals surface area (Å²) >= 11 is 8.18. The molecule has 2 rings (SSSR count). The summed E-state index contributed by atoms with van der Waals surface area (Å²) in [6, 6.07) is 10.9. The lowest BCUT2D eigenvalue weighted by Gasteiger charge is -2.07. The molecule has 8 heteroatoms. The predicted molar refractivity (Wildman–Crippen MR) is 96.7 cm³/mol. The van der Waals surface area contributed by atoms with Gasteiger partial charge in [-0.05, 0) is 53.2 Å². The molecule has 0 spiro atoms. The van der Waals surface area contributed by atoms with Gasteiger partial charge in [-0.15, -0.1) is 11.3 Å². The van der Waals surface area contributed by atoms with E-state index in [0.29, 0.717) is 17.0 Å². The average molecular weight is 457 g/mol. The molecule has 23 heavy (non-hydrogen) atoms. The van der Waals surface area contributed by atoms with E-state index in [1.54, 1.807) is 18.2 Å². The van der Waals surface area contributed by atoms with Crippen LogP contribution in [0.5, 0.6) is 5.75 Å². The highest BCUT2D eigenvalue weighted by Gasteiger charge is 2.08. The standard InChI is InChI=1S/C15H11Br2N3O2S/c1-9(13-4-5-14(17)23-13)19-20-15(21)8-22-12-3-2-11(16)6-10(12)7-18/h2-6H,8H2,1H3,(H,20,21)/b19-9+. The molecule has 0 bridgehead atoms. The Morgan fingerprint density at radius 2 is 2.17 bits per heavy atom. The molecule has 0 fully saturated rings. The summed E-state index contributed by atoms with van der Waals surface area (Å²) in [5.41, 5.74) is 3.49. The summed E-state index contributed by atoms with van der Waals surface area (Å²) in [6.07, 6.45) is 0. The van der Waals surface area contributed by atoms with Crippen LogP contribution in [0.4, 0.5) is 0 Å². The number of nitriles is 1. The summed E-state index contributed by atoms with van der Waals surface area (Å²) in [5.74, 6) is -0.0412. The Bertz CT molecular complexity index is 796. The first-order chi connectivity index (χ1) is 11.0. The third-order valence-corrected chi connectivity index (χ3v) is 4.92. The van der Waals surface area contributed by atoms with Crippen LogP contribution in [0.15, 0.2) is 43.7 Å². The Morgan fingerprint density at radius 3 is 2.83 bits per heavy atom. The van der Waals surface area contributed by atoms with Gasteiger partial charge in [-0.3, -0.25) is 4.79 Å². The van der Waals surface area contributed by atoms with E-state index >= 15 is 0 Å². The van der Waals surface area contributed by atoms with Gasteiger partial charge in [-0.25, -0.2) is 5.43 Å². The molecule has 1 aromatic carbocycles. The van der Waals surface area contributed by atoms with E-state index in [4.69, 9.17) is 10.00 Å². The first-order valence-electron chi connectivity index (χ1n) is 6.41. The third kappa shape index (κ3) is 5.16. The molecule has 118 valence electrons. The molecule has 0 saturated carbocycles. The molecule has 0 radical (unpaired) electrons. The van der Waals surface area contributed by atoms with E-state index < -0.39 is 5.91 Å². The minimum Gasteiger partial charge on any atom is -0.482 e. The Hall–Kier alpha value is -1.69. The fourth-order valence-electron chi connectivity index (χ4n) is 1.60. The highest BCUT2D eigenvalue weighted by atomic mass is 79.9. The van der Waals surface area contributed by atoms with Crippen molar-refractivity contribution in [1.82, 2.24) is 5.43 Å². The van der Waals surface area contributed by atoms with Crippen LogP contribution in [0.2, 0.25) is 0 Å². The smallest absolute Gasteiger partial charge is 0.277 e. The van der Waals surface area contributed by atoms with Gasteiger partial charge in [0, 0.05) is 4.47 Å². The van der Waals surface area contributed by atoms with Crippen molar-refractivity contribution in [3.63, 3.8) is 0 Å². The van der Waals surface area contributed by atoms with Crippen LogP contribution in [0.25, 0.3) is 0 Å². The van der Waals surface area contributed by atoms with E-state index in [0.717, 1.165) is 13.1 Å². The molecule has 1 heterocycles. The molecule has 1 amide bonds. The molecular formula is C15H11Br2N3O2S. The number of ether oxygens (including phenoxy) is 1. The summed E-state index contributed by atoms with van der Waals surface area (Å²) in [4.78, 5) is 12.7. The number of carbonyl (C=O) groups is 1. The average Bonchev–Trinajstić information content (AvgIpc) is 2.97. The van der Waals surface area contributed by atoms with E-state index in [1.807, 2.05) is 25.1 Å². The first-order valence-corrected chi connectivity index (χ1v) is 8.81. The summed E-state index contributed by atoms with van der Waals surface area (Å²) in [6.45, 7) is 1.59. The summed E-state index contributed by atoms with van der Waals surface area (Å²) < 4.78 is 7.13. The van der Waals surface area contributed by atoms with Crippen molar-refractivity contribution in [2.75, 3.05) is 6.61 Å². The molecule has 2 aromatic rings. The molecule has 0 aliphatic heterocycles. The number of rotatable bonds is 5. The molecule has 1 N–H and O–H groups in total. The van der Waals surface area contributed by atoms with Crippen LogP contribution in [-0.2, 0) is 4.79 Å². The number of carbonyl (C=O) groups excluding carboxylic acids is 1. The molecule has 0 aliphatic rings. The lowest BCUT2D eigenvalue weighted by Crippen LogP contribution is -2.25. The van der Waals surface area contributed by atoms with Crippen LogP contribution in [0, 0.1) is 11.3 Å². The van der Waals surface area contributed by atoms with Gasteiger partial charge in [0.1, 0.15) is 11.8 Å². The fraction of sp³-hybridized carbons (Fsp3) is 0.133. The maximum Gasteiger partial charge on any atom is 0.277 e. The van der Waals surface area contributed by atoms with Crippen LogP contribution in [0.1, 0.15) is 17.4 Å². The zero-order chi connectivity index (χ0) is 16.8. The monoisotopic (exact) mass is 455 g/mol. The number of hydrazone groups is 1. The van der Waals surface area contributed by atoms with Gasteiger partial charge in [-0.1, -0.05) is 15.9 Å². The molecule has 0 unspecified atom stereocenters. The number of hydrogen-bond acceptors (Lipinski definition) is 5. The SMILES string of the molecule is C/C(=N\NC(=O)COc1ccc(Br)cc1C#N)c1ccc(Br)s1. The number of halogens is 2. The second kappa shape index (κ2) is 8.24. The van der Waals surface area contributed by atoms with Crippen molar-refractivity contribution in [1.29, 1.82) is 5.26 Å². The van der Waals surface area contributed by atoms with E-state index in [1.165, 1.54) is 11.3 Å². The minimum absolute atomic E-state index is 0.221. The summed E-state index contributed by atoms with van der Waals surface area (Å²) in [5, 5.41) is 13.1. The van der Waals surface area contributed by atoms with Gasteiger partial charge < -0.3 is 4.74 Å². The number of amides is 1. The zero-order valence-corrected chi connectivity index (χ0v) is 16.0. The number of thiophene rings is 1. The first kappa shape index (κ1) is 17.7. The Morgan fingerprint density at radius 1 is 1.39 bits per heavy atom. The number of hydrogen-bond donors (Lipinski definition) is 1. The Balaban J connectivity index is 1.92. The van der Waals surface area contributed by atoms with E-state index in [-0.39, 0.29) is 6.61 Å². The lowest BCUT2D eigenvalue weighted by molar-refractivity contribution is -0.123.